The Morgan fingerprint density at radius 3 is 2.94 bits per heavy atom. The summed E-state index contributed by atoms with van der Waals surface area (Å²) in [6.07, 6.45) is 4.47. The van der Waals surface area contributed by atoms with Crippen molar-refractivity contribution < 1.29 is 13.9 Å². The van der Waals surface area contributed by atoms with Gasteiger partial charge in [-0.2, -0.15) is 0 Å². The molecule has 4 bridgehead atoms. The number of aromatic amines is 1. The zero-order valence-corrected chi connectivity index (χ0v) is 19.6. The van der Waals surface area contributed by atoms with Gasteiger partial charge in [-0.3, -0.25) is 9.78 Å². The van der Waals surface area contributed by atoms with Gasteiger partial charge in [-0.25, -0.2) is 9.37 Å². The number of hydrogen-bond acceptors (Lipinski definition) is 5. The van der Waals surface area contributed by atoms with Gasteiger partial charge in [-0.15, -0.1) is 0 Å². The highest BCUT2D eigenvalue weighted by Crippen LogP contribution is 2.43. The molecule has 5 heterocycles. The second kappa shape index (κ2) is 8.37. The predicted octanol–water partition coefficient (Wildman–Crippen LogP) is 5.59. The lowest BCUT2D eigenvalue weighted by atomic mass is 9.91. The monoisotopic (exact) mass is 471 g/mol. The summed E-state index contributed by atoms with van der Waals surface area (Å²) in [4.78, 5) is 26.1. The van der Waals surface area contributed by atoms with E-state index in [0.717, 1.165) is 41.7 Å². The van der Waals surface area contributed by atoms with Crippen LogP contribution in [0.1, 0.15) is 53.7 Å². The number of halogens is 1. The SMILES string of the molecule is Cc1c(F)cccc1Nc1c2[nH]c3c1C(=O)NCC3CCCC(C)Oc1ccc3nccc-2c3n1. The molecule has 4 aromatic rings. The Morgan fingerprint density at radius 2 is 2.06 bits per heavy atom. The van der Waals surface area contributed by atoms with Crippen LogP contribution in [0.15, 0.2) is 42.6 Å². The third kappa shape index (κ3) is 3.69. The molecule has 0 radical (unpaired) electrons. The van der Waals surface area contributed by atoms with Crippen LogP contribution in [0.5, 0.6) is 5.88 Å². The predicted molar refractivity (Wildman–Crippen MR) is 133 cm³/mol. The third-order valence-corrected chi connectivity index (χ3v) is 7.01. The number of fused-ring (bicyclic) bond motifs is 3. The number of anilines is 2. The summed E-state index contributed by atoms with van der Waals surface area (Å²) in [5.41, 5.74) is 6.09. The van der Waals surface area contributed by atoms with Crippen molar-refractivity contribution in [2.75, 3.05) is 11.9 Å². The summed E-state index contributed by atoms with van der Waals surface area (Å²) < 4.78 is 20.5. The summed E-state index contributed by atoms with van der Waals surface area (Å²) in [5, 5.41) is 6.44. The van der Waals surface area contributed by atoms with E-state index in [1.807, 2.05) is 24.3 Å². The van der Waals surface area contributed by atoms with Crippen LogP contribution in [-0.2, 0) is 0 Å². The van der Waals surface area contributed by atoms with Crippen molar-refractivity contribution >= 4 is 28.3 Å². The van der Waals surface area contributed by atoms with Gasteiger partial charge in [0.05, 0.1) is 28.6 Å². The number of ether oxygens (including phenoxy) is 1. The number of H-pyrrole nitrogens is 1. The second-order valence-corrected chi connectivity index (χ2v) is 9.34. The number of aromatic nitrogens is 3. The van der Waals surface area contributed by atoms with Gasteiger partial charge in [0.1, 0.15) is 11.3 Å². The first kappa shape index (κ1) is 21.6. The number of rotatable bonds is 2. The van der Waals surface area contributed by atoms with Crippen molar-refractivity contribution in [3.63, 3.8) is 0 Å². The van der Waals surface area contributed by atoms with E-state index in [0.29, 0.717) is 40.4 Å². The van der Waals surface area contributed by atoms with E-state index in [-0.39, 0.29) is 23.7 Å². The first-order valence-electron chi connectivity index (χ1n) is 12.0. The maximum absolute atomic E-state index is 14.4. The lowest BCUT2D eigenvalue weighted by molar-refractivity contribution is 0.0939. The fourth-order valence-corrected chi connectivity index (χ4v) is 5.11. The van der Waals surface area contributed by atoms with Gasteiger partial charge in [0, 0.05) is 47.2 Å². The molecule has 3 N–H and O–H groups in total. The third-order valence-electron chi connectivity index (χ3n) is 7.01. The Hall–Kier alpha value is -3.94. The molecule has 2 unspecified atom stereocenters. The fourth-order valence-electron chi connectivity index (χ4n) is 5.11. The van der Waals surface area contributed by atoms with E-state index in [4.69, 9.17) is 9.72 Å². The Kier molecular flexibility index (Phi) is 5.16. The molecule has 0 spiro atoms. The summed E-state index contributed by atoms with van der Waals surface area (Å²) in [7, 11) is 0. The maximum atomic E-state index is 14.4. The summed E-state index contributed by atoms with van der Waals surface area (Å²) in [6.45, 7) is 4.34. The van der Waals surface area contributed by atoms with Gasteiger partial charge in [0.15, 0.2) is 0 Å². The van der Waals surface area contributed by atoms with E-state index in [9.17, 15) is 9.18 Å². The van der Waals surface area contributed by atoms with Crippen LogP contribution in [0.25, 0.3) is 22.3 Å². The fraction of sp³-hybridized carbons (Fsp3) is 0.296. The van der Waals surface area contributed by atoms with Crippen molar-refractivity contribution in [1.29, 1.82) is 0 Å². The number of nitrogens with zero attached hydrogens (tertiary/aromatic N) is 2. The molecule has 0 fully saturated rings. The van der Waals surface area contributed by atoms with E-state index < -0.39 is 0 Å². The van der Waals surface area contributed by atoms with Crippen molar-refractivity contribution in [2.45, 2.75) is 45.1 Å². The highest BCUT2D eigenvalue weighted by Gasteiger charge is 2.33. The summed E-state index contributed by atoms with van der Waals surface area (Å²) in [6, 6.07) is 10.5. The molecule has 0 saturated carbocycles. The molecular formula is C27H26FN5O2. The number of amides is 1. The van der Waals surface area contributed by atoms with Crippen molar-refractivity contribution in [2.24, 2.45) is 0 Å². The molecule has 178 valence electrons. The molecule has 0 aliphatic carbocycles. The largest absolute Gasteiger partial charge is 0.475 e. The number of carbonyl (C=O) groups is 1. The zero-order valence-electron chi connectivity index (χ0n) is 19.6. The summed E-state index contributed by atoms with van der Waals surface area (Å²) >= 11 is 0. The van der Waals surface area contributed by atoms with Crippen LogP contribution in [-0.4, -0.2) is 33.5 Å². The van der Waals surface area contributed by atoms with Crippen LogP contribution in [0, 0.1) is 12.7 Å². The number of benzene rings is 1. The molecule has 8 heteroatoms. The van der Waals surface area contributed by atoms with Gasteiger partial charge in [-0.1, -0.05) is 6.07 Å². The van der Waals surface area contributed by atoms with Crippen molar-refractivity contribution in [3.8, 4) is 17.1 Å². The van der Waals surface area contributed by atoms with Gasteiger partial charge < -0.3 is 20.4 Å². The van der Waals surface area contributed by atoms with Crippen LogP contribution < -0.4 is 15.4 Å². The van der Waals surface area contributed by atoms with Crippen LogP contribution in [0.4, 0.5) is 15.8 Å². The topological polar surface area (TPSA) is 91.9 Å². The molecule has 1 amide bonds. The Labute approximate surface area is 202 Å². The van der Waals surface area contributed by atoms with E-state index in [1.165, 1.54) is 6.07 Å². The minimum Gasteiger partial charge on any atom is -0.475 e. The molecule has 2 atom stereocenters. The van der Waals surface area contributed by atoms with Gasteiger partial charge in [0.25, 0.3) is 5.91 Å². The maximum Gasteiger partial charge on any atom is 0.255 e. The minimum absolute atomic E-state index is 0.0185. The molecule has 1 aromatic carbocycles. The van der Waals surface area contributed by atoms with Crippen LogP contribution in [0.2, 0.25) is 0 Å². The van der Waals surface area contributed by atoms with Gasteiger partial charge in [-0.05, 0) is 57.4 Å². The number of hydrogen-bond donors (Lipinski definition) is 3. The Bertz CT molecular complexity index is 1460. The first-order chi connectivity index (χ1) is 17.0. The molecule has 7 nitrogen and oxygen atoms in total. The number of nitrogens with one attached hydrogen (secondary N) is 3. The number of pyridine rings is 2. The quantitative estimate of drug-likeness (QED) is 0.354. The van der Waals surface area contributed by atoms with Crippen LogP contribution >= 0.6 is 0 Å². The van der Waals surface area contributed by atoms with Crippen molar-refractivity contribution in [1.82, 2.24) is 20.3 Å². The average Bonchev–Trinajstić information content (AvgIpc) is 3.23. The van der Waals surface area contributed by atoms with E-state index in [2.05, 4.69) is 27.5 Å². The highest BCUT2D eigenvalue weighted by atomic mass is 19.1. The average molecular weight is 472 g/mol. The van der Waals surface area contributed by atoms with E-state index >= 15 is 0 Å². The first-order valence-corrected chi connectivity index (χ1v) is 12.0. The van der Waals surface area contributed by atoms with E-state index in [1.54, 1.807) is 19.2 Å². The van der Waals surface area contributed by atoms with Gasteiger partial charge >= 0.3 is 0 Å². The molecule has 0 saturated heterocycles. The minimum atomic E-state index is -0.308. The molecule has 6 rings (SSSR count). The molecule has 2 aliphatic rings. The second-order valence-electron chi connectivity index (χ2n) is 9.34. The molecule has 3 aromatic heterocycles. The van der Waals surface area contributed by atoms with Crippen LogP contribution in [0.3, 0.4) is 0 Å². The number of carbonyl (C=O) groups excluding carboxylic acids is 1. The lowest BCUT2D eigenvalue weighted by Gasteiger charge is -2.24. The molecular weight excluding hydrogens is 445 g/mol. The molecule has 35 heavy (non-hydrogen) atoms. The highest BCUT2D eigenvalue weighted by molar-refractivity contribution is 6.08. The normalized spacial score (nSPS) is 19.3. The Morgan fingerprint density at radius 1 is 1.17 bits per heavy atom. The van der Waals surface area contributed by atoms with Crippen molar-refractivity contribution in [3.05, 3.63) is 65.2 Å². The Balaban J connectivity index is 1.63. The standard InChI is InChI=1S/C27H26FN5O2/c1-14-5-3-6-16-13-30-27(34)22-23(16)33-25(26(22)31-19-8-4-7-18(28)15(19)2)17-11-12-29-20-9-10-21(35-14)32-24(17)20/h4,7-12,14,16,31,33H,3,5-6,13H2,1-2H3,(H,30,34). The van der Waals surface area contributed by atoms with Gasteiger partial charge in [0.2, 0.25) is 5.88 Å². The molecule has 2 aliphatic heterocycles. The lowest BCUT2D eigenvalue weighted by Crippen LogP contribution is -2.35. The zero-order chi connectivity index (χ0) is 24.1. The smallest absolute Gasteiger partial charge is 0.255 e. The summed E-state index contributed by atoms with van der Waals surface area (Å²) in [5.74, 6) is 0.220.